The van der Waals surface area contributed by atoms with E-state index in [0.717, 1.165) is 10.2 Å². The van der Waals surface area contributed by atoms with E-state index in [9.17, 15) is 9.18 Å². The molecule has 1 aromatic carbocycles. The second kappa shape index (κ2) is 7.37. The Morgan fingerprint density at radius 2 is 2.16 bits per heavy atom. The van der Waals surface area contributed by atoms with Crippen LogP contribution < -0.4 is 5.32 Å². The smallest absolute Gasteiger partial charge is 0.247 e. The lowest BCUT2D eigenvalue weighted by Crippen LogP contribution is -2.20. The highest BCUT2D eigenvalue weighted by Gasteiger charge is 2.14. The van der Waals surface area contributed by atoms with E-state index in [1.54, 1.807) is 35.3 Å². The van der Waals surface area contributed by atoms with Gasteiger partial charge < -0.3 is 5.32 Å². The number of nitrogens with zero attached hydrogens (tertiary/aromatic N) is 4. The summed E-state index contributed by atoms with van der Waals surface area (Å²) in [5.74, 6) is -0.400. The number of carbonyl (C=O) groups excluding carboxylic acids is 1. The molecule has 0 bridgehead atoms. The molecule has 0 fully saturated rings. The number of aromatic nitrogens is 4. The number of anilines is 1. The second-order valence-electron chi connectivity index (χ2n) is 5.40. The van der Waals surface area contributed by atoms with Crippen LogP contribution in [-0.4, -0.2) is 25.5 Å². The predicted octanol–water partition coefficient (Wildman–Crippen LogP) is 3.63. The Hall–Kier alpha value is -2.19. The molecule has 0 aliphatic heterocycles. The predicted molar refractivity (Wildman–Crippen MR) is 96.0 cm³/mol. The van der Waals surface area contributed by atoms with Gasteiger partial charge in [-0.15, -0.1) is 0 Å². The van der Waals surface area contributed by atoms with Crippen molar-refractivity contribution in [3.8, 4) is 0 Å². The van der Waals surface area contributed by atoms with E-state index in [1.165, 1.54) is 10.7 Å². The topological polar surface area (TPSA) is 64.7 Å². The Kier molecular flexibility index (Phi) is 5.19. The summed E-state index contributed by atoms with van der Waals surface area (Å²) in [6, 6.07) is 6.42. The molecule has 0 radical (unpaired) electrons. The molecule has 25 heavy (non-hydrogen) atoms. The molecule has 9 heteroatoms. The standard InChI is InChI=1S/C16H14BrClFN5O/c1-10-12(17)6-20-24(10)9-15(25)21-16-13(18)8-23(22-16)7-11-4-2-3-5-14(11)19/h2-6,8H,7,9H2,1H3,(H,21,22,25). The third-order valence-corrected chi connectivity index (χ3v) is 4.66. The van der Waals surface area contributed by atoms with Crippen LogP contribution in [0.1, 0.15) is 11.3 Å². The zero-order valence-electron chi connectivity index (χ0n) is 13.2. The Morgan fingerprint density at radius 1 is 1.40 bits per heavy atom. The number of rotatable bonds is 5. The number of amides is 1. The third kappa shape index (κ3) is 4.08. The maximum Gasteiger partial charge on any atom is 0.247 e. The van der Waals surface area contributed by atoms with Crippen molar-refractivity contribution >= 4 is 39.3 Å². The van der Waals surface area contributed by atoms with E-state index in [2.05, 4.69) is 31.4 Å². The van der Waals surface area contributed by atoms with Crippen molar-refractivity contribution in [1.82, 2.24) is 19.6 Å². The Labute approximate surface area is 156 Å². The molecule has 1 N–H and O–H groups in total. The fraction of sp³-hybridized carbons (Fsp3) is 0.188. The maximum absolute atomic E-state index is 13.7. The highest BCUT2D eigenvalue weighted by Crippen LogP contribution is 2.21. The molecule has 0 aliphatic carbocycles. The van der Waals surface area contributed by atoms with Gasteiger partial charge in [0, 0.05) is 11.8 Å². The van der Waals surface area contributed by atoms with Gasteiger partial charge in [-0.2, -0.15) is 10.2 Å². The highest BCUT2D eigenvalue weighted by atomic mass is 79.9. The minimum absolute atomic E-state index is 0.0357. The van der Waals surface area contributed by atoms with Crippen LogP contribution in [0.5, 0.6) is 0 Å². The van der Waals surface area contributed by atoms with Crippen LogP contribution in [0.15, 0.2) is 41.1 Å². The summed E-state index contributed by atoms with van der Waals surface area (Å²) in [6.07, 6.45) is 3.16. The number of hydrogen-bond acceptors (Lipinski definition) is 3. The van der Waals surface area contributed by atoms with Crippen molar-refractivity contribution in [2.24, 2.45) is 0 Å². The van der Waals surface area contributed by atoms with E-state index in [4.69, 9.17) is 11.6 Å². The molecule has 0 aliphatic rings. The molecule has 0 spiro atoms. The number of benzene rings is 1. The number of halogens is 3. The summed E-state index contributed by atoms with van der Waals surface area (Å²) in [5.41, 5.74) is 1.32. The van der Waals surface area contributed by atoms with Gasteiger partial charge in [0.2, 0.25) is 5.91 Å². The van der Waals surface area contributed by atoms with Gasteiger partial charge in [0.05, 0.1) is 22.9 Å². The minimum Gasteiger partial charge on any atom is -0.306 e. The Balaban J connectivity index is 1.69. The van der Waals surface area contributed by atoms with Crippen molar-refractivity contribution in [1.29, 1.82) is 0 Å². The van der Waals surface area contributed by atoms with E-state index in [-0.39, 0.29) is 35.7 Å². The second-order valence-corrected chi connectivity index (χ2v) is 6.66. The number of hydrogen-bond donors (Lipinski definition) is 1. The fourth-order valence-corrected chi connectivity index (χ4v) is 2.75. The minimum atomic E-state index is -0.320. The molecule has 2 heterocycles. The summed E-state index contributed by atoms with van der Waals surface area (Å²) in [7, 11) is 0. The third-order valence-electron chi connectivity index (χ3n) is 3.60. The lowest BCUT2D eigenvalue weighted by atomic mass is 10.2. The zero-order chi connectivity index (χ0) is 18.0. The first kappa shape index (κ1) is 17.6. The largest absolute Gasteiger partial charge is 0.306 e. The van der Waals surface area contributed by atoms with Crippen molar-refractivity contribution in [2.75, 3.05) is 5.32 Å². The van der Waals surface area contributed by atoms with Crippen LogP contribution in [0, 0.1) is 12.7 Å². The molecule has 2 aromatic heterocycles. The molecule has 0 saturated carbocycles. The van der Waals surface area contributed by atoms with Crippen LogP contribution >= 0.6 is 27.5 Å². The van der Waals surface area contributed by atoms with Crippen molar-refractivity contribution < 1.29 is 9.18 Å². The highest BCUT2D eigenvalue weighted by molar-refractivity contribution is 9.10. The van der Waals surface area contributed by atoms with Gasteiger partial charge in [0.1, 0.15) is 17.4 Å². The first-order valence-electron chi connectivity index (χ1n) is 7.38. The van der Waals surface area contributed by atoms with Crippen LogP contribution in [0.4, 0.5) is 10.2 Å². The monoisotopic (exact) mass is 425 g/mol. The van der Waals surface area contributed by atoms with E-state index < -0.39 is 0 Å². The van der Waals surface area contributed by atoms with Gasteiger partial charge in [-0.1, -0.05) is 29.8 Å². The maximum atomic E-state index is 13.7. The summed E-state index contributed by atoms with van der Waals surface area (Å²) in [6.45, 7) is 2.10. The van der Waals surface area contributed by atoms with Crippen LogP contribution in [-0.2, 0) is 17.9 Å². The molecule has 6 nitrogen and oxygen atoms in total. The molecule has 1 amide bonds. The summed E-state index contributed by atoms with van der Waals surface area (Å²) in [4.78, 5) is 12.2. The van der Waals surface area contributed by atoms with E-state index in [1.807, 2.05) is 6.92 Å². The van der Waals surface area contributed by atoms with Crippen molar-refractivity contribution in [3.05, 3.63) is 63.2 Å². The first-order valence-corrected chi connectivity index (χ1v) is 8.55. The molecule has 0 atom stereocenters. The summed E-state index contributed by atoms with van der Waals surface area (Å²) < 4.78 is 17.6. The number of carbonyl (C=O) groups is 1. The first-order chi connectivity index (χ1) is 11.9. The van der Waals surface area contributed by atoms with Crippen molar-refractivity contribution in [2.45, 2.75) is 20.0 Å². The quantitative estimate of drug-likeness (QED) is 0.677. The molecule has 0 saturated heterocycles. The number of nitrogens with one attached hydrogen (secondary N) is 1. The summed E-state index contributed by atoms with van der Waals surface area (Å²) in [5, 5.41) is 11.2. The van der Waals surface area contributed by atoms with Gasteiger partial charge in [-0.05, 0) is 28.9 Å². The zero-order valence-corrected chi connectivity index (χ0v) is 15.6. The molecule has 0 unspecified atom stereocenters. The molecule has 130 valence electrons. The van der Waals surface area contributed by atoms with Gasteiger partial charge in [-0.25, -0.2) is 4.39 Å². The van der Waals surface area contributed by atoms with Gasteiger partial charge in [0.25, 0.3) is 0 Å². The van der Waals surface area contributed by atoms with Gasteiger partial charge in [-0.3, -0.25) is 14.2 Å². The lowest BCUT2D eigenvalue weighted by Gasteiger charge is -2.05. The average molecular weight is 427 g/mol. The van der Waals surface area contributed by atoms with Crippen molar-refractivity contribution in [3.63, 3.8) is 0 Å². The van der Waals surface area contributed by atoms with E-state index in [0.29, 0.717) is 5.56 Å². The lowest BCUT2D eigenvalue weighted by molar-refractivity contribution is -0.117. The molecule has 3 rings (SSSR count). The molecular formula is C16H14BrClFN5O. The van der Waals surface area contributed by atoms with Crippen LogP contribution in [0.3, 0.4) is 0 Å². The van der Waals surface area contributed by atoms with Gasteiger partial charge in [0.15, 0.2) is 5.82 Å². The normalized spacial score (nSPS) is 10.9. The van der Waals surface area contributed by atoms with Crippen LogP contribution in [0.2, 0.25) is 5.02 Å². The Bertz CT molecular complexity index is 923. The Morgan fingerprint density at radius 3 is 2.84 bits per heavy atom. The fourth-order valence-electron chi connectivity index (χ4n) is 2.25. The SMILES string of the molecule is Cc1c(Br)cnn1CC(=O)Nc1nn(Cc2ccccc2F)cc1Cl. The van der Waals surface area contributed by atoms with Gasteiger partial charge >= 0.3 is 0 Å². The summed E-state index contributed by atoms with van der Waals surface area (Å²) >= 11 is 9.45. The van der Waals surface area contributed by atoms with Crippen LogP contribution in [0.25, 0.3) is 0 Å². The molecule has 3 aromatic rings. The van der Waals surface area contributed by atoms with E-state index >= 15 is 0 Å². The molecular weight excluding hydrogens is 413 g/mol. The average Bonchev–Trinajstić information content (AvgIpc) is 3.06.